The molecule has 1 unspecified atom stereocenters. The zero-order valence-corrected chi connectivity index (χ0v) is 9.09. The highest BCUT2D eigenvalue weighted by Crippen LogP contribution is 2.17. The van der Waals surface area contributed by atoms with Gasteiger partial charge < -0.3 is 5.32 Å². The Morgan fingerprint density at radius 3 is 3.00 bits per heavy atom. The Labute approximate surface area is 89.5 Å². The molecule has 0 aliphatic carbocycles. The standard InChI is InChI=1S/C11H16N2S/c1-2-11(9-14-7-1)13-8-10-3-5-12-6-4-10/h3-6,11,13H,1-2,7-9H2. The number of rotatable bonds is 3. The lowest BCUT2D eigenvalue weighted by Crippen LogP contribution is -2.33. The number of pyridine rings is 1. The number of thioether (sulfide) groups is 1. The van der Waals surface area contributed by atoms with Gasteiger partial charge >= 0.3 is 0 Å². The van der Waals surface area contributed by atoms with E-state index in [1.54, 1.807) is 0 Å². The summed E-state index contributed by atoms with van der Waals surface area (Å²) in [6, 6.07) is 4.85. The fraction of sp³-hybridized carbons (Fsp3) is 0.545. The molecule has 0 amide bonds. The van der Waals surface area contributed by atoms with Crippen molar-refractivity contribution in [1.29, 1.82) is 0 Å². The first-order chi connectivity index (χ1) is 6.95. The molecule has 76 valence electrons. The minimum absolute atomic E-state index is 0.710. The first-order valence-corrected chi connectivity index (χ1v) is 6.30. The average molecular weight is 208 g/mol. The summed E-state index contributed by atoms with van der Waals surface area (Å²) in [5, 5.41) is 3.59. The number of hydrogen-bond acceptors (Lipinski definition) is 3. The van der Waals surface area contributed by atoms with Crippen LogP contribution in [0.1, 0.15) is 18.4 Å². The normalized spacial score (nSPS) is 22.1. The second-order valence-corrected chi connectivity index (χ2v) is 4.80. The predicted octanol–water partition coefficient (Wildman–Crippen LogP) is 2.07. The van der Waals surface area contributed by atoms with Crippen molar-refractivity contribution in [2.45, 2.75) is 25.4 Å². The highest BCUT2D eigenvalue weighted by atomic mass is 32.2. The van der Waals surface area contributed by atoms with Gasteiger partial charge in [-0.2, -0.15) is 11.8 Å². The molecule has 0 radical (unpaired) electrons. The Morgan fingerprint density at radius 2 is 2.29 bits per heavy atom. The van der Waals surface area contributed by atoms with E-state index in [9.17, 15) is 0 Å². The predicted molar refractivity (Wildman–Crippen MR) is 61.4 cm³/mol. The third-order valence-electron chi connectivity index (χ3n) is 2.50. The molecule has 3 heteroatoms. The Hall–Kier alpha value is -0.540. The fourth-order valence-electron chi connectivity index (χ4n) is 1.66. The molecule has 1 N–H and O–H groups in total. The van der Waals surface area contributed by atoms with Crippen molar-refractivity contribution in [3.8, 4) is 0 Å². The molecule has 2 heterocycles. The van der Waals surface area contributed by atoms with Crippen molar-refractivity contribution in [3.63, 3.8) is 0 Å². The van der Waals surface area contributed by atoms with Crippen LogP contribution >= 0.6 is 11.8 Å². The van der Waals surface area contributed by atoms with Crippen molar-refractivity contribution in [1.82, 2.24) is 10.3 Å². The molecule has 1 aliphatic rings. The van der Waals surface area contributed by atoms with Crippen molar-refractivity contribution in [2.24, 2.45) is 0 Å². The number of nitrogens with one attached hydrogen (secondary N) is 1. The summed E-state index contributed by atoms with van der Waals surface area (Å²) in [5.41, 5.74) is 1.33. The summed E-state index contributed by atoms with van der Waals surface area (Å²) in [7, 11) is 0. The Balaban J connectivity index is 1.76. The Kier molecular flexibility index (Phi) is 3.83. The largest absolute Gasteiger partial charge is 0.309 e. The van der Waals surface area contributed by atoms with E-state index in [-0.39, 0.29) is 0 Å². The van der Waals surface area contributed by atoms with Crippen LogP contribution < -0.4 is 5.32 Å². The summed E-state index contributed by atoms with van der Waals surface area (Å²) in [5.74, 6) is 2.61. The van der Waals surface area contributed by atoms with E-state index in [0.717, 1.165) is 6.54 Å². The molecule has 14 heavy (non-hydrogen) atoms. The second kappa shape index (κ2) is 5.37. The maximum atomic E-state index is 4.01. The van der Waals surface area contributed by atoms with Gasteiger partial charge in [-0.3, -0.25) is 4.98 Å². The lowest BCUT2D eigenvalue weighted by molar-refractivity contribution is 0.507. The molecule has 1 atom stereocenters. The lowest BCUT2D eigenvalue weighted by atomic mass is 10.1. The van der Waals surface area contributed by atoms with Crippen LogP contribution in [0.4, 0.5) is 0 Å². The molecular formula is C11H16N2S. The molecule has 0 saturated carbocycles. The molecule has 0 spiro atoms. The fourth-order valence-corrected chi connectivity index (χ4v) is 2.77. The number of nitrogens with zero attached hydrogens (tertiary/aromatic N) is 1. The van der Waals surface area contributed by atoms with Gasteiger partial charge in [-0.15, -0.1) is 0 Å². The van der Waals surface area contributed by atoms with E-state index < -0.39 is 0 Å². The molecule has 2 nitrogen and oxygen atoms in total. The maximum absolute atomic E-state index is 4.01. The minimum Gasteiger partial charge on any atom is -0.309 e. The van der Waals surface area contributed by atoms with Gasteiger partial charge in [0.1, 0.15) is 0 Å². The quantitative estimate of drug-likeness (QED) is 0.823. The zero-order valence-electron chi connectivity index (χ0n) is 8.28. The van der Waals surface area contributed by atoms with Gasteiger partial charge in [0.05, 0.1) is 0 Å². The third-order valence-corrected chi connectivity index (χ3v) is 3.72. The molecule has 1 aliphatic heterocycles. The topological polar surface area (TPSA) is 24.9 Å². The van der Waals surface area contributed by atoms with Crippen molar-refractivity contribution < 1.29 is 0 Å². The summed E-state index contributed by atoms with van der Waals surface area (Å²) in [6.07, 6.45) is 6.40. The molecule has 0 bridgehead atoms. The first kappa shape index (κ1) is 9.99. The van der Waals surface area contributed by atoms with Gasteiger partial charge in [0.25, 0.3) is 0 Å². The van der Waals surface area contributed by atoms with E-state index in [0.29, 0.717) is 6.04 Å². The summed E-state index contributed by atoms with van der Waals surface area (Å²) < 4.78 is 0. The van der Waals surface area contributed by atoms with Crippen LogP contribution in [0, 0.1) is 0 Å². The SMILES string of the molecule is c1cc(CNC2CCCSC2)ccn1. The van der Waals surface area contributed by atoms with Crippen LogP contribution in [-0.4, -0.2) is 22.5 Å². The smallest absolute Gasteiger partial charge is 0.0271 e. The van der Waals surface area contributed by atoms with Crippen LogP contribution in [0.25, 0.3) is 0 Å². The highest BCUT2D eigenvalue weighted by molar-refractivity contribution is 7.99. The van der Waals surface area contributed by atoms with Gasteiger partial charge in [-0.1, -0.05) is 0 Å². The molecular weight excluding hydrogens is 192 g/mol. The molecule has 0 aromatic carbocycles. The van der Waals surface area contributed by atoms with Crippen LogP contribution in [0.2, 0.25) is 0 Å². The molecule has 1 saturated heterocycles. The van der Waals surface area contributed by atoms with Gasteiger partial charge in [-0.05, 0) is 36.3 Å². The van der Waals surface area contributed by atoms with Gasteiger partial charge in [0.15, 0.2) is 0 Å². The van der Waals surface area contributed by atoms with E-state index in [4.69, 9.17) is 0 Å². The molecule has 1 fully saturated rings. The third kappa shape index (κ3) is 3.00. The van der Waals surface area contributed by atoms with Crippen molar-refractivity contribution >= 4 is 11.8 Å². The highest BCUT2D eigenvalue weighted by Gasteiger charge is 2.12. The maximum Gasteiger partial charge on any atom is 0.0271 e. The van der Waals surface area contributed by atoms with Crippen LogP contribution in [0.15, 0.2) is 24.5 Å². The summed E-state index contributed by atoms with van der Waals surface area (Å²) in [6.45, 7) is 0.980. The zero-order chi connectivity index (χ0) is 9.64. The van der Waals surface area contributed by atoms with E-state index >= 15 is 0 Å². The van der Waals surface area contributed by atoms with Crippen molar-refractivity contribution in [3.05, 3.63) is 30.1 Å². The summed E-state index contributed by atoms with van der Waals surface area (Å²) in [4.78, 5) is 4.01. The van der Waals surface area contributed by atoms with Gasteiger partial charge in [-0.25, -0.2) is 0 Å². The minimum atomic E-state index is 0.710. The Bertz CT molecular complexity index is 257. The average Bonchev–Trinajstić information content (AvgIpc) is 2.29. The van der Waals surface area contributed by atoms with E-state index in [2.05, 4.69) is 34.2 Å². The lowest BCUT2D eigenvalue weighted by Gasteiger charge is -2.22. The molecule has 2 rings (SSSR count). The van der Waals surface area contributed by atoms with Crippen LogP contribution in [0.3, 0.4) is 0 Å². The van der Waals surface area contributed by atoms with E-state index in [1.807, 2.05) is 12.4 Å². The summed E-state index contributed by atoms with van der Waals surface area (Å²) >= 11 is 2.06. The first-order valence-electron chi connectivity index (χ1n) is 5.15. The van der Waals surface area contributed by atoms with Crippen LogP contribution in [-0.2, 0) is 6.54 Å². The molecule has 1 aromatic rings. The Morgan fingerprint density at radius 1 is 1.43 bits per heavy atom. The van der Waals surface area contributed by atoms with Gasteiger partial charge in [0.2, 0.25) is 0 Å². The number of aromatic nitrogens is 1. The monoisotopic (exact) mass is 208 g/mol. The van der Waals surface area contributed by atoms with Gasteiger partial charge in [0, 0.05) is 30.7 Å². The van der Waals surface area contributed by atoms with Crippen molar-refractivity contribution in [2.75, 3.05) is 11.5 Å². The van der Waals surface area contributed by atoms with E-state index in [1.165, 1.54) is 29.9 Å². The molecule has 1 aromatic heterocycles. The second-order valence-electron chi connectivity index (χ2n) is 3.65. The van der Waals surface area contributed by atoms with Crippen LogP contribution in [0.5, 0.6) is 0 Å². The number of hydrogen-bond donors (Lipinski definition) is 1.